The summed E-state index contributed by atoms with van der Waals surface area (Å²) in [5.74, 6) is 0. The molecule has 1 aromatic heterocycles. The summed E-state index contributed by atoms with van der Waals surface area (Å²) in [4.78, 5) is 0. The number of nitrogens with zero attached hydrogens (tertiary/aromatic N) is 2. The normalized spacial score (nSPS) is 18.7. The lowest BCUT2D eigenvalue weighted by molar-refractivity contribution is 0.0870. The van der Waals surface area contributed by atoms with Crippen LogP contribution in [0.25, 0.3) is 0 Å². The molecule has 0 aromatic carbocycles. The van der Waals surface area contributed by atoms with Gasteiger partial charge in [0.25, 0.3) is 0 Å². The predicted octanol–water partition coefficient (Wildman–Crippen LogP) is 1.72. The molecule has 0 atom stereocenters. The molecule has 1 aromatic rings. The number of aryl methyl sites for hydroxylation is 1. The Morgan fingerprint density at radius 3 is 2.56 bits per heavy atom. The van der Waals surface area contributed by atoms with Crippen LogP contribution in [-0.2, 0) is 19.0 Å². The van der Waals surface area contributed by atoms with Gasteiger partial charge in [-0.05, 0) is 19.3 Å². The summed E-state index contributed by atoms with van der Waals surface area (Å²) in [5, 5.41) is 17.6. The van der Waals surface area contributed by atoms with Gasteiger partial charge in [-0.25, -0.2) is 0 Å². The highest BCUT2D eigenvalue weighted by atomic mass is 16.3. The van der Waals surface area contributed by atoms with E-state index in [1.54, 1.807) is 0 Å². The molecule has 4 heteroatoms. The van der Waals surface area contributed by atoms with Crippen LogP contribution in [0.4, 0.5) is 0 Å². The van der Waals surface area contributed by atoms with Crippen molar-refractivity contribution in [3.8, 4) is 0 Å². The number of hydrogen-bond donors (Lipinski definition) is 2. The van der Waals surface area contributed by atoms with Crippen molar-refractivity contribution < 1.29 is 5.11 Å². The highest BCUT2D eigenvalue weighted by Crippen LogP contribution is 2.32. The molecule has 102 valence electrons. The maximum atomic E-state index is 9.47. The molecule has 0 amide bonds. The third-order valence-electron chi connectivity index (χ3n) is 3.88. The van der Waals surface area contributed by atoms with Gasteiger partial charge in [0.15, 0.2) is 0 Å². The summed E-state index contributed by atoms with van der Waals surface area (Å²) in [7, 11) is 1.96. The molecular weight excluding hydrogens is 226 g/mol. The van der Waals surface area contributed by atoms with Crippen molar-refractivity contribution in [1.82, 2.24) is 15.1 Å². The van der Waals surface area contributed by atoms with Crippen molar-refractivity contribution in [3.63, 3.8) is 0 Å². The van der Waals surface area contributed by atoms with Gasteiger partial charge in [0.2, 0.25) is 0 Å². The van der Waals surface area contributed by atoms with Crippen molar-refractivity contribution >= 4 is 0 Å². The monoisotopic (exact) mass is 251 g/mol. The molecule has 0 saturated heterocycles. The fourth-order valence-electron chi connectivity index (χ4n) is 2.58. The number of rotatable bonds is 4. The molecule has 0 spiro atoms. The second-order valence-corrected chi connectivity index (χ2v) is 6.57. The van der Waals surface area contributed by atoms with Crippen molar-refractivity contribution in [1.29, 1.82) is 0 Å². The van der Waals surface area contributed by atoms with Gasteiger partial charge in [-0.15, -0.1) is 0 Å². The van der Waals surface area contributed by atoms with E-state index in [9.17, 15) is 5.11 Å². The highest BCUT2D eigenvalue weighted by molar-refractivity contribution is 5.24. The lowest BCUT2D eigenvalue weighted by Crippen LogP contribution is -2.53. The van der Waals surface area contributed by atoms with Gasteiger partial charge in [-0.2, -0.15) is 5.10 Å². The van der Waals surface area contributed by atoms with E-state index < -0.39 is 0 Å². The number of aliphatic hydroxyl groups excluding tert-OH is 1. The SMILES string of the molecule is Cn1cc(CNC2(CO)CCC2)c(C(C)(C)C)n1. The van der Waals surface area contributed by atoms with Crippen molar-refractivity contribution in [3.05, 3.63) is 17.5 Å². The van der Waals surface area contributed by atoms with Gasteiger partial charge in [-0.1, -0.05) is 20.8 Å². The number of hydrogen-bond acceptors (Lipinski definition) is 3. The molecule has 1 aliphatic rings. The molecule has 0 aliphatic heterocycles. The first kappa shape index (κ1) is 13.6. The highest BCUT2D eigenvalue weighted by Gasteiger charge is 2.36. The average Bonchev–Trinajstić information content (AvgIpc) is 2.58. The number of nitrogens with one attached hydrogen (secondary N) is 1. The summed E-state index contributed by atoms with van der Waals surface area (Å²) in [5.41, 5.74) is 2.41. The Morgan fingerprint density at radius 1 is 1.44 bits per heavy atom. The summed E-state index contributed by atoms with van der Waals surface area (Å²) in [6, 6.07) is 0. The van der Waals surface area contributed by atoms with Crippen molar-refractivity contribution in [2.24, 2.45) is 7.05 Å². The summed E-state index contributed by atoms with van der Waals surface area (Å²) >= 11 is 0. The van der Waals surface area contributed by atoms with E-state index in [0.29, 0.717) is 0 Å². The molecule has 2 N–H and O–H groups in total. The van der Waals surface area contributed by atoms with Crippen molar-refractivity contribution in [2.45, 2.75) is 57.5 Å². The molecule has 0 unspecified atom stereocenters. The molecule has 0 bridgehead atoms. The lowest BCUT2D eigenvalue weighted by atomic mass is 9.77. The minimum absolute atomic E-state index is 0.0367. The van der Waals surface area contributed by atoms with Gasteiger partial charge in [0, 0.05) is 36.3 Å². The van der Waals surface area contributed by atoms with Crippen LogP contribution >= 0.6 is 0 Å². The number of aromatic nitrogens is 2. The Bertz CT molecular complexity index is 408. The van der Waals surface area contributed by atoms with Crippen LogP contribution in [0.5, 0.6) is 0 Å². The van der Waals surface area contributed by atoms with Crippen LogP contribution in [0.3, 0.4) is 0 Å². The minimum atomic E-state index is -0.0367. The van der Waals surface area contributed by atoms with Crippen LogP contribution in [0.2, 0.25) is 0 Å². The molecule has 1 fully saturated rings. The second-order valence-electron chi connectivity index (χ2n) is 6.57. The van der Waals surface area contributed by atoms with Gasteiger partial charge < -0.3 is 10.4 Å². The molecule has 1 aliphatic carbocycles. The van der Waals surface area contributed by atoms with E-state index >= 15 is 0 Å². The Hall–Kier alpha value is -0.870. The largest absolute Gasteiger partial charge is 0.394 e. The van der Waals surface area contributed by atoms with Gasteiger partial charge >= 0.3 is 0 Å². The molecule has 0 radical (unpaired) electrons. The van der Waals surface area contributed by atoms with E-state index in [1.165, 1.54) is 12.0 Å². The molecule has 1 heterocycles. The first-order valence-corrected chi connectivity index (χ1v) is 6.75. The maximum absolute atomic E-state index is 9.47. The van der Waals surface area contributed by atoms with Crippen LogP contribution in [0, 0.1) is 0 Å². The maximum Gasteiger partial charge on any atom is 0.0722 e. The zero-order valence-electron chi connectivity index (χ0n) is 12.0. The van der Waals surface area contributed by atoms with E-state index in [4.69, 9.17) is 0 Å². The molecular formula is C14H25N3O. The summed E-state index contributed by atoms with van der Waals surface area (Å²) in [6.07, 6.45) is 5.45. The zero-order valence-corrected chi connectivity index (χ0v) is 12.0. The van der Waals surface area contributed by atoms with Gasteiger partial charge in [0.1, 0.15) is 0 Å². The van der Waals surface area contributed by atoms with Gasteiger partial charge in [-0.3, -0.25) is 4.68 Å². The third-order valence-corrected chi connectivity index (χ3v) is 3.88. The third kappa shape index (κ3) is 2.59. The molecule has 1 saturated carbocycles. The standard InChI is InChI=1S/C14H25N3O/c1-13(2,3)12-11(9-17(4)16-12)8-15-14(10-18)6-5-7-14/h9,15,18H,5-8,10H2,1-4H3. The van der Waals surface area contributed by atoms with Crippen LogP contribution < -0.4 is 5.32 Å². The quantitative estimate of drug-likeness (QED) is 0.856. The Kier molecular flexibility index (Phi) is 3.52. The number of aliphatic hydroxyl groups is 1. The first-order chi connectivity index (χ1) is 8.36. The first-order valence-electron chi connectivity index (χ1n) is 6.75. The molecule has 18 heavy (non-hydrogen) atoms. The van der Waals surface area contributed by atoms with Gasteiger partial charge in [0.05, 0.1) is 12.3 Å². The minimum Gasteiger partial charge on any atom is -0.394 e. The Labute approximate surface area is 109 Å². The van der Waals surface area contributed by atoms with E-state index in [1.807, 2.05) is 11.7 Å². The summed E-state index contributed by atoms with van der Waals surface area (Å²) in [6.45, 7) is 7.58. The molecule has 2 rings (SSSR count). The molecule has 4 nitrogen and oxygen atoms in total. The van der Waals surface area contributed by atoms with E-state index in [0.717, 1.165) is 25.1 Å². The second kappa shape index (κ2) is 4.67. The van der Waals surface area contributed by atoms with E-state index in [-0.39, 0.29) is 17.6 Å². The smallest absolute Gasteiger partial charge is 0.0722 e. The average molecular weight is 251 g/mol. The summed E-state index contributed by atoms with van der Waals surface area (Å²) < 4.78 is 1.88. The van der Waals surface area contributed by atoms with Crippen LogP contribution in [-0.4, -0.2) is 27.0 Å². The van der Waals surface area contributed by atoms with Crippen molar-refractivity contribution in [2.75, 3.05) is 6.61 Å². The van der Waals surface area contributed by atoms with Crippen LogP contribution in [0.1, 0.15) is 51.3 Å². The van der Waals surface area contributed by atoms with E-state index in [2.05, 4.69) is 37.4 Å². The fourth-order valence-corrected chi connectivity index (χ4v) is 2.58. The fraction of sp³-hybridized carbons (Fsp3) is 0.786. The zero-order chi connectivity index (χ0) is 13.4. The van der Waals surface area contributed by atoms with Crippen LogP contribution in [0.15, 0.2) is 6.20 Å². The predicted molar refractivity (Wildman–Crippen MR) is 72.4 cm³/mol. The Balaban J connectivity index is 2.09. The topological polar surface area (TPSA) is 50.1 Å². The Morgan fingerprint density at radius 2 is 2.11 bits per heavy atom. The lowest BCUT2D eigenvalue weighted by Gasteiger charge is -2.41.